The number of benzene rings is 1. The Morgan fingerprint density at radius 3 is 2.91 bits per heavy atom. The first-order valence-corrected chi connectivity index (χ1v) is 6.61. The number of hydrogen-bond donors (Lipinski definition) is 2. The van der Waals surface area contributed by atoms with Crippen molar-refractivity contribution in [3.8, 4) is 0 Å². The molecule has 0 aliphatic heterocycles. The van der Waals surface area contributed by atoms with Gasteiger partial charge in [0.25, 0.3) is 5.56 Å². The van der Waals surface area contributed by atoms with E-state index in [1.807, 2.05) is 0 Å². The van der Waals surface area contributed by atoms with Gasteiger partial charge in [-0.25, -0.2) is 4.39 Å². The molecule has 0 saturated carbocycles. The number of carbonyl (C=O) groups is 1. The lowest BCUT2D eigenvalue weighted by atomic mass is 10.2. The average molecular weight is 322 g/mol. The van der Waals surface area contributed by atoms with Gasteiger partial charge in [0, 0.05) is 12.0 Å². The molecule has 1 aromatic carbocycles. The van der Waals surface area contributed by atoms with E-state index >= 15 is 0 Å². The highest BCUT2D eigenvalue weighted by atomic mass is 32.1. The van der Waals surface area contributed by atoms with Crippen LogP contribution >= 0.6 is 12.2 Å². The molecule has 0 bridgehead atoms. The van der Waals surface area contributed by atoms with Crippen molar-refractivity contribution in [3.63, 3.8) is 0 Å². The Morgan fingerprint density at radius 1 is 1.50 bits per heavy atom. The average Bonchev–Trinajstić information content (AvgIpc) is 2.48. The van der Waals surface area contributed by atoms with Gasteiger partial charge in [-0.3, -0.25) is 14.7 Å². The lowest BCUT2D eigenvalue weighted by Crippen LogP contribution is -2.25. The van der Waals surface area contributed by atoms with E-state index in [1.54, 1.807) is 6.07 Å². The maximum atomic E-state index is 13.5. The molecule has 9 heteroatoms. The lowest BCUT2D eigenvalue weighted by Gasteiger charge is -2.02. The number of aliphatic carboxylic acids is 1. The SMILES string of the molecule is O=C(O)CCc1n[nH]c(=S)n(/N=C\c2ccccc2F)c1=O. The molecule has 0 spiro atoms. The number of carboxylic acid groups (broad SMARTS) is 1. The minimum absolute atomic E-state index is 0.0123. The van der Waals surface area contributed by atoms with Crippen molar-refractivity contribution in [1.82, 2.24) is 14.9 Å². The smallest absolute Gasteiger partial charge is 0.303 e. The van der Waals surface area contributed by atoms with Gasteiger partial charge in [0.1, 0.15) is 11.5 Å². The molecule has 0 unspecified atom stereocenters. The highest BCUT2D eigenvalue weighted by Gasteiger charge is 2.09. The molecule has 2 rings (SSSR count). The Morgan fingerprint density at radius 2 is 2.23 bits per heavy atom. The zero-order valence-corrected chi connectivity index (χ0v) is 12.0. The number of nitrogens with zero attached hydrogens (tertiary/aromatic N) is 3. The summed E-state index contributed by atoms with van der Waals surface area (Å²) in [5, 5.41) is 18.6. The van der Waals surface area contributed by atoms with E-state index in [9.17, 15) is 14.0 Å². The minimum Gasteiger partial charge on any atom is -0.481 e. The van der Waals surface area contributed by atoms with E-state index in [4.69, 9.17) is 17.3 Å². The fourth-order valence-corrected chi connectivity index (χ4v) is 1.79. The maximum absolute atomic E-state index is 13.5. The first-order chi connectivity index (χ1) is 10.5. The van der Waals surface area contributed by atoms with E-state index in [1.165, 1.54) is 18.2 Å². The second-order valence-corrected chi connectivity index (χ2v) is 4.64. The third kappa shape index (κ3) is 3.70. The molecule has 0 radical (unpaired) electrons. The zero-order chi connectivity index (χ0) is 16.1. The van der Waals surface area contributed by atoms with Crippen LogP contribution in [0.2, 0.25) is 0 Å². The number of hydrogen-bond acceptors (Lipinski definition) is 5. The molecule has 7 nitrogen and oxygen atoms in total. The number of carboxylic acids is 1. The highest BCUT2D eigenvalue weighted by molar-refractivity contribution is 7.71. The summed E-state index contributed by atoms with van der Waals surface area (Å²) in [6, 6.07) is 5.90. The van der Waals surface area contributed by atoms with E-state index < -0.39 is 17.3 Å². The van der Waals surface area contributed by atoms with Crippen molar-refractivity contribution < 1.29 is 14.3 Å². The molecule has 22 heavy (non-hydrogen) atoms. The van der Waals surface area contributed by atoms with Crippen molar-refractivity contribution in [1.29, 1.82) is 0 Å². The van der Waals surface area contributed by atoms with Gasteiger partial charge in [0.2, 0.25) is 4.77 Å². The standard InChI is InChI=1S/C13H11FN4O3S/c14-9-4-2-1-3-8(9)7-15-18-12(21)10(5-6-11(19)20)16-17-13(18)22/h1-4,7H,5-6H2,(H,17,22)(H,19,20)/b15-7-. The van der Waals surface area contributed by atoms with Gasteiger partial charge in [0.15, 0.2) is 0 Å². The fraction of sp³-hybridized carbons (Fsp3) is 0.154. The van der Waals surface area contributed by atoms with E-state index in [0.29, 0.717) is 0 Å². The number of H-pyrrole nitrogens is 1. The second-order valence-electron chi connectivity index (χ2n) is 4.25. The topological polar surface area (TPSA) is 100 Å². The van der Waals surface area contributed by atoms with Gasteiger partial charge in [0.05, 0.1) is 12.6 Å². The Labute approximate surface area is 128 Å². The van der Waals surface area contributed by atoms with Crippen LogP contribution in [0.1, 0.15) is 17.7 Å². The molecular weight excluding hydrogens is 311 g/mol. The predicted molar refractivity (Wildman–Crippen MR) is 79.0 cm³/mol. The van der Waals surface area contributed by atoms with E-state index in [0.717, 1.165) is 10.9 Å². The van der Waals surface area contributed by atoms with Crippen molar-refractivity contribution >= 4 is 24.4 Å². The molecule has 0 amide bonds. The molecule has 0 fully saturated rings. The minimum atomic E-state index is -1.05. The highest BCUT2D eigenvalue weighted by Crippen LogP contribution is 2.03. The number of aryl methyl sites for hydroxylation is 1. The Kier molecular flexibility index (Phi) is 4.89. The van der Waals surface area contributed by atoms with Gasteiger partial charge in [-0.1, -0.05) is 18.2 Å². The predicted octanol–water partition coefficient (Wildman–Crippen LogP) is 1.34. The largest absolute Gasteiger partial charge is 0.481 e. The summed E-state index contributed by atoms with van der Waals surface area (Å²) < 4.78 is 14.3. The van der Waals surface area contributed by atoms with Gasteiger partial charge in [-0.15, -0.1) is 0 Å². The summed E-state index contributed by atoms with van der Waals surface area (Å²) in [5.41, 5.74) is -0.466. The van der Waals surface area contributed by atoms with Crippen LogP contribution < -0.4 is 5.56 Å². The van der Waals surface area contributed by atoms with Crippen molar-refractivity contribution in [2.75, 3.05) is 0 Å². The van der Waals surface area contributed by atoms with Crippen LogP contribution in [-0.4, -0.2) is 32.2 Å². The molecular formula is C13H11FN4O3S. The molecule has 2 aromatic rings. The summed E-state index contributed by atoms with van der Waals surface area (Å²) in [6.07, 6.45) is 0.848. The summed E-state index contributed by atoms with van der Waals surface area (Å²) in [6.45, 7) is 0. The lowest BCUT2D eigenvalue weighted by molar-refractivity contribution is -0.136. The van der Waals surface area contributed by atoms with Crippen molar-refractivity contribution in [2.45, 2.75) is 12.8 Å². The first kappa shape index (κ1) is 15.7. The molecule has 0 aliphatic rings. The fourth-order valence-electron chi connectivity index (χ4n) is 1.62. The molecule has 0 atom stereocenters. The molecule has 1 heterocycles. The molecule has 0 aliphatic carbocycles. The first-order valence-electron chi connectivity index (χ1n) is 6.20. The van der Waals surface area contributed by atoms with Crippen LogP contribution in [-0.2, 0) is 11.2 Å². The molecule has 114 valence electrons. The van der Waals surface area contributed by atoms with Gasteiger partial charge < -0.3 is 5.11 Å². The van der Waals surface area contributed by atoms with Crippen LogP contribution in [0, 0.1) is 10.6 Å². The third-order valence-electron chi connectivity index (χ3n) is 2.71. The monoisotopic (exact) mass is 322 g/mol. The molecule has 1 aromatic heterocycles. The number of rotatable bonds is 5. The van der Waals surface area contributed by atoms with E-state index in [2.05, 4.69) is 15.3 Å². The summed E-state index contributed by atoms with van der Waals surface area (Å²) in [7, 11) is 0. The third-order valence-corrected chi connectivity index (χ3v) is 2.98. The van der Waals surface area contributed by atoms with Gasteiger partial charge >= 0.3 is 5.97 Å². The Bertz CT molecular complexity index is 844. The van der Waals surface area contributed by atoms with Crippen molar-refractivity contribution in [3.05, 3.63) is 56.5 Å². The van der Waals surface area contributed by atoms with Gasteiger partial charge in [-0.2, -0.15) is 14.9 Å². The van der Waals surface area contributed by atoms with Crippen molar-refractivity contribution in [2.24, 2.45) is 5.10 Å². The van der Waals surface area contributed by atoms with Crippen LogP contribution in [0.3, 0.4) is 0 Å². The summed E-state index contributed by atoms with van der Waals surface area (Å²) in [5.74, 6) is -1.54. The van der Waals surface area contributed by atoms with E-state index in [-0.39, 0.29) is 28.9 Å². The summed E-state index contributed by atoms with van der Waals surface area (Å²) in [4.78, 5) is 22.7. The van der Waals surface area contributed by atoms with Crippen LogP contribution in [0.4, 0.5) is 4.39 Å². The second kappa shape index (κ2) is 6.85. The van der Waals surface area contributed by atoms with Crippen LogP contribution in [0.5, 0.6) is 0 Å². The molecule has 2 N–H and O–H groups in total. The number of nitrogens with one attached hydrogen (secondary N) is 1. The maximum Gasteiger partial charge on any atom is 0.303 e. The number of aromatic nitrogens is 3. The zero-order valence-electron chi connectivity index (χ0n) is 11.2. The number of aromatic amines is 1. The number of halogens is 1. The Hall–Kier alpha value is -2.68. The summed E-state index contributed by atoms with van der Waals surface area (Å²) >= 11 is 4.90. The Balaban J connectivity index is 2.37. The van der Waals surface area contributed by atoms with Crippen LogP contribution in [0.25, 0.3) is 0 Å². The molecule has 0 saturated heterocycles. The van der Waals surface area contributed by atoms with Gasteiger partial charge in [-0.05, 0) is 18.3 Å². The normalized spacial score (nSPS) is 11.0. The quantitative estimate of drug-likeness (QED) is 0.639. The van der Waals surface area contributed by atoms with Crippen LogP contribution in [0.15, 0.2) is 34.2 Å².